The van der Waals surface area contributed by atoms with Gasteiger partial charge in [-0.15, -0.1) is 0 Å². The van der Waals surface area contributed by atoms with Gasteiger partial charge in [0.2, 0.25) is 5.91 Å². The van der Waals surface area contributed by atoms with Gasteiger partial charge in [0.05, 0.1) is 0 Å². The number of rotatable bonds is 17. The third-order valence-corrected chi connectivity index (χ3v) is 4.41. The first kappa shape index (κ1) is 28.5. The first-order chi connectivity index (χ1) is 12.1. The maximum absolute atomic E-state index is 11.5. The molecule has 4 nitrogen and oxygen atoms in total. The number of allylic oxidation sites excluding steroid dienone is 2. The molecule has 1 amide bonds. The van der Waals surface area contributed by atoms with Crippen LogP contribution in [0.4, 0.5) is 0 Å². The van der Waals surface area contributed by atoms with Crippen molar-refractivity contribution < 1.29 is 14.7 Å². The van der Waals surface area contributed by atoms with Crippen LogP contribution in [0.3, 0.4) is 0 Å². The first-order valence-corrected chi connectivity index (χ1v) is 10.2. The van der Waals surface area contributed by atoms with E-state index in [-0.39, 0.29) is 57.3 Å². The fourth-order valence-electron chi connectivity index (χ4n) is 2.73. The summed E-state index contributed by atoms with van der Waals surface area (Å²) < 4.78 is 0. The normalized spacial score (nSPS) is 11.9. The third kappa shape index (κ3) is 20.6. The van der Waals surface area contributed by atoms with Crippen LogP contribution in [-0.4, -0.2) is 74.4 Å². The molecule has 0 rings (SSSR count). The Balaban J connectivity index is 0. The van der Waals surface area contributed by atoms with Gasteiger partial charge in [0.25, 0.3) is 0 Å². The summed E-state index contributed by atoms with van der Waals surface area (Å²) >= 11 is 0. The van der Waals surface area contributed by atoms with Crippen molar-refractivity contribution in [3.8, 4) is 0 Å². The molecule has 0 saturated heterocycles. The van der Waals surface area contributed by atoms with Gasteiger partial charge in [-0.1, -0.05) is 70.4 Å². The maximum atomic E-state index is 11.5. The SMILES string of the molecule is CCCCCCCC/C=C\CCCCCCCC(=O)NC(C)C(=O)O.[KH]. The molecule has 5 heteroatoms. The molecule has 26 heavy (non-hydrogen) atoms. The predicted molar refractivity (Wildman–Crippen MR) is 112 cm³/mol. The molecule has 0 bridgehead atoms. The van der Waals surface area contributed by atoms with E-state index in [1.165, 1.54) is 64.7 Å². The molecule has 0 spiro atoms. The summed E-state index contributed by atoms with van der Waals surface area (Å²) in [5.74, 6) is -1.15. The van der Waals surface area contributed by atoms with Crippen LogP contribution in [-0.2, 0) is 9.59 Å². The van der Waals surface area contributed by atoms with E-state index in [4.69, 9.17) is 5.11 Å². The Hall–Kier alpha value is 0.316. The predicted octanol–water partition coefficient (Wildman–Crippen LogP) is 4.96. The van der Waals surface area contributed by atoms with Crippen molar-refractivity contribution in [2.75, 3.05) is 0 Å². The van der Waals surface area contributed by atoms with Gasteiger partial charge < -0.3 is 10.4 Å². The average molecular weight is 394 g/mol. The zero-order valence-corrected chi connectivity index (χ0v) is 16.4. The van der Waals surface area contributed by atoms with Crippen LogP contribution >= 0.6 is 0 Å². The topological polar surface area (TPSA) is 66.4 Å². The number of amides is 1. The van der Waals surface area contributed by atoms with Gasteiger partial charge in [-0.25, -0.2) is 0 Å². The Morgan fingerprint density at radius 2 is 1.31 bits per heavy atom. The Bertz CT molecular complexity index is 372. The molecular formula is C21H40KNO3. The van der Waals surface area contributed by atoms with Crippen LogP contribution in [0, 0.1) is 0 Å². The Labute approximate surface area is 203 Å². The van der Waals surface area contributed by atoms with Crippen molar-refractivity contribution in [3.63, 3.8) is 0 Å². The van der Waals surface area contributed by atoms with Crippen molar-refractivity contribution in [2.24, 2.45) is 0 Å². The minimum absolute atomic E-state index is 0. The zero-order chi connectivity index (χ0) is 18.8. The van der Waals surface area contributed by atoms with Crippen molar-refractivity contribution >= 4 is 63.3 Å². The summed E-state index contributed by atoms with van der Waals surface area (Å²) in [4.78, 5) is 22.1. The zero-order valence-electron chi connectivity index (χ0n) is 16.4. The second kappa shape index (κ2) is 21.6. The quantitative estimate of drug-likeness (QED) is 0.208. The summed E-state index contributed by atoms with van der Waals surface area (Å²) in [7, 11) is 0. The summed E-state index contributed by atoms with van der Waals surface area (Å²) in [5, 5.41) is 11.2. The third-order valence-electron chi connectivity index (χ3n) is 4.41. The summed E-state index contributed by atoms with van der Waals surface area (Å²) in [6.45, 7) is 3.74. The van der Waals surface area contributed by atoms with E-state index >= 15 is 0 Å². The van der Waals surface area contributed by atoms with E-state index in [2.05, 4.69) is 24.4 Å². The molecule has 0 aliphatic rings. The number of carbonyl (C=O) groups excluding carboxylic acids is 1. The summed E-state index contributed by atoms with van der Waals surface area (Å²) in [6, 6.07) is -0.796. The summed E-state index contributed by atoms with van der Waals surface area (Å²) in [5.41, 5.74) is 0. The van der Waals surface area contributed by atoms with Crippen molar-refractivity contribution in [2.45, 2.75) is 110 Å². The van der Waals surface area contributed by atoms with E-state index < -0.39 is 12.0 Å². The molecule has 0 aliphatic heterocycles. The van der Waals surface area contributed by atoms with E-state index in [0.717, 1.165) is 25.7 Å². The molecule has 0 heterocycles. The van der Waals surface area contributed by atoms with Crippen LogP contribution in [0.25, 0.3) is 0 Å². The van der Waals surface area contributed by atoms with Gasteiger partial charge in [0.1, 0.15) is 6.04 Å². The van der Waals surface area contributed by atoms with E-state index in [1.807, 2.05) is 0 Å². The Morgan fingerprint density at radius 3 is 1.81 bits per heavy atom. The monoisotopic (exact) mass is 393 g/mol. The number of hydrogen-bond acceptors (Lipinski definition) is 2. The van der Waals surface area contributed by atoms with Crippen molar-refractivity contribution in [1.29, 1.82) is 0 Å². The molecule has 0 saturated carbocycles. The molecule has 2 N–H and O–H groups in total. The van der Waals surface area contributed by atoms with Crippen molar-refractivity contribution in [1.82, 2.24) is 5.32 Å². The minimum atomic E-state index is -0.988. The molecule has 0 aromatic carbocycles. The Morgan fingerprint density at radius 1 is 0.846 bits per heavy atom. The number of carboxylic acid groups (broad SMARTS) is 1. The molecule has 0 radical (unpaired) electrons. The van der Waals surface area contributed by atoms with Crippen LogP contribution in [0.5, 0.6) is 0 Å². The van der Waals surface area contributed by atoms with Gasteiger partial charge in [-0.2, -0.15) is 0 Å². The number of carbonyl (C=O) groups is 2. The second-order valence-electron chi connectivity index (χ2n) is 6.96. The van der Waals surface area contributed by atoms with Crippen LogP contribution in [0.15, 0.2) is 12.2 Å². The van der Waals surface area contributed by atoms with Crippen LogP contribution in [0.1, 0.15) is 104 Å². The van der Waals surface area contributed by atoms with Gasteiger partial charge in [0.15, 0.2) is 0 Å². The van der Waals surface area contributed by atoms with E-state index in [1.54, 1.807) is 0 Å². The van der Waals surface area contributed by atoms with Crippen LogP contribution < -0.4 is 5.32 Å². The molecule has 1 unspecified atom stereocenters. The van der Waals surface area contributed by atoms with Gasteiger partial charge in [-0.3, -0.25) is 9.59 Å². The number of hydrogen-bond donors (Lipinski definition) is 2. The van der Waals surface area contributed by atoms with E-state index in [9.17, 15) is 9.59 Å². The molecule has 1 atom stereocenters. The molecule has 0 aliphatic carbocycles. The van der Waals surface area contributed by atoms with Crippen LogP contribution in [0.2, 0.25) is 0 Å². The molecule has 0 fully saturated rings. The molecule has 148 valence electrons. The second-order valence-corrected chi connectivity index (χ2v) is 6.96. The molecule has 0 aromatic rings. The summed E-state index contributed by atoms with van der Waals surface area (Å²) in [6.07, 6.45) is 21.0. The fourth-order valence-corrected chi connectivity index (χ4v) is 2.73. The fraction of sp³-hybridized carbons (Fsp3) is 0.810. The van der Waals surface area contributed by atoms with E-state index in [0.29, 0.717) is 6.42 Å². The van der Waals surface area contributed by atoms with Gasteiger partial charge in [-0.05, 0) is 39.0 Å². The van der Waals surface area contributed by atoms with Gasteiger partial charge in [0, 0.05) is 6.42 Å². The van der Waals surface area contributed by atoms with Gasteiger partial charge >= 0.3 is 57.4 Å². The number of aliphatic carboxylic acids is 1. The first-order valence-electron chi connectivity index (χ1n) is 10.2. The number of unbranched alkanes of at least 4 members (excludes halogenated alkanes) is 11. The van der Waals surface area contributed by atoms with Crippen molar-refractivity contribution in [3.05, 3.63) is 12.2 Å². The number of nitrogens with one attached hydrogen (secondary N) is 1. The Kier molecular flexibility index (Phi) is 23.7. The standard InChI is InChI=1S/C21H39NO3.K.H/c1-3-4-5-6-7-8-9-10-11-12-13-14-15-16-17-18-20(23)22-19(2)21(24)25;;/h10-11,19H,3-9,12-18H2,1-2H3,(H,22,23)(H,24,25);;/b11-10-;;. The average Bonchev–Trinajstić information content (AvgIpc) is 2.58. The molecular weight excluding hydrogens is 353 g/mol. The molecule has 0 aromatic heterocycles. The number of carboxylic acids is 1.